The predicted molar refractivity (Wildman–Crippen MR) is 145 cm³/mol. The summed E-state index contributed by atoms with van der Waals surface area (Å²) in [5, 5.41) is 21.9. The number of nitro groups is 1. The average Bonchev–Trinajstić information content (AvgIpc) is 2.88. The van der Waals surface area contributed by atoms with Crippen LogP contribution in [0.4, 0.5) is 17.1 Å². The van der Waals surface area contributed by atoms with Crippen LogP contribution in [0.2, 0.25) is 0 Å². The quantitative estimate of drug-likeness (QED) is 0.0955. The lowest BCUT2D eigenvalue weighted by Crippen LogP contribution is -2.19. The molecule has 0 aliphatic rings. The zero-order valence-electron chi connectivity index (χ0n) is 18.2. The SMILES string of the molecule is O=[N+]([O-])c1cccc(NC(=S)Nc2ccc3nc4c5ccccc5c5ccccc5c4nc3c2)c1. The maximum absolute atomic E-state index is 11.0. The number of aromatic nitrogens is 2. The van der Waals surface area contributed by atoms with Crippen molar-refractivity contribution in [2.45, 2.75) is 0 Å². The van der Waals surface area contributed by atoms with Gasteiger partial charge in [-0.25, -0.2) is 9.97 Å². The van der Waals surface area contributed by atoms with Crippen molar-refractivity contribution in [3.8, 4) is 0 Å². The molecule has 0 unspecified atom stereocenters. The third kappa shape index (κ3) is 3.75. The number of hydrogen-bond acceptors (Lipinski definition) is 5. The van der Waals surface area contributed by atoms with Crippen LogP contribution in [-0.4, -0.2) is 20.0 Å². The number of nitro benzene ring substituents is 1. The Morgan fingerprint density at radius 2 is 1.26 bits per heavy atom. The minimum absolute atomic E-state index is 0.00888. The van der Waals surface area contributed by atoms with E-state index in [9.17, 15) is 10.1 Å². The van der Waals surface area contributed by atoms with Gasteiger partial charge >= 0.3 is 0 Å². The van der Waals surface area contributed by atoms with Crippen LogP contribution in [0.15, 0.2) is 91.0 Å². The Bertz CT molecular complexity index is 1820. The van der Waals surface area contributed by atoms with Gasteiger partial charge in [0.1, 0.15) is 0 Å². The van der Waals surface area contributed by atoms with E-state index in [4.69, 9.17) is 22.2 Å². The second-order valence-corrected chi connectivity index (χ2v) is 8.51. The summed E-state index contributed by atoms with van der Waals surface area (Å²) in [5.41, 5.74) is 4.49. The number of non-ortho nitro benzene ring substituents is 1. The van der Waals surface area contributed by atoms with Crippen LogP contribution in [0.1, 0.15) is 0 Å². The van der Waals surface area contributed by atoms with E-state index in [0.29, 0.717) is 10.8 Å². The van der Waals surface area contributed by atoms with Crippen LogP contribution >= 0.6 is 12.2 Å². The van der Waals surface area contributed by atoms with Crippen LogP contribution < -0.4 is 10.6 Å². The molecule has 0 aliphatic carbocycles. The van der Waals surface area contributed by atoms with Crippen LogP contribution in [0.5, 0.6) is 0 Å². The lowest BCUT2D eigenvalue weighted by Gasteiger charge is -2.12. The van der Waals surface area contributed by atoms with Crippen molar-refractivity contribution in [1.29, 1.82) is 0 Å². The van der Waals surface area contributed by atoms with Crippen molar-refractivity contribution in [3.63, 3.8) is 0 Å². The van der Waals surface area contributed by atoms with Gasteiger partial charge in [-0.15, -0.1) is 0 Å². The van der Waals surface area contributed by atoms with E-state index in [1.165, 1.54) is 12.1 Å². The minimum atomic E-state index is -0.444. The second kappa shape index (κ2) is 8.27. The second-order valence-electron chi connectivity index (χ2n) is 8.10. The summed E-state index contributed by atoms with van der Waals surface area (Å²) in [6, 6.07) is 28.4. The van der Waals surface area contributed by atoms with Gasteiger partial charge in [0.15, 0.2) is 5.11 Å². The van der Waals surface area contributed by atoms with E-state index in [2.05, 4.69) is 34.9 Å². The molecule has 5 aromatic carbocycles. The summed E-state index contributed by atoms with van der Waals surface area (Å²) < 4.78 is 0. The Labute approximate surface area is 204 Å². The van der Waals surface area contributed by atoms with Crippen LogP contribution in [0, 0.1) is 10.1 Å². The molecule has 0 amide bonds. The number of fused-ring (bicyclic) bond motifs is 7. The molecular weight excluding hydrogens is 458 g/mol. The first-order valence-electron chi connectivity index (χ1n) is 10.9. The van der Waals surface area contributed by atoms with E-state index in [1.807, 2.05) is 42.5 Å². The molecule has 2 N–H and O–H groups in total. The molecule has 0 aliphatic heterocycles. The summed E-state index contributed by atoms with van der Waals surface area (Å²) >= 11 is 5.41. The van der Waals surface area contributed by atoms with Crippen molar-refractivity contribution in [2.24, 2.45) is 0 Å². The molecular formula is C27H17N5O2S. The standard InChI is InChI=1S/C27H17N5O2S/c33-32(34)18-7-5-6-16(14-18)28-27(35)29-17-12-13-23-24(15-17)31-26-22-11-4-2-9-20(22)19-8-1-3-10-21(19)25(26)30-23/h1-15H,(H2,28,29,35). The first kappa shape index (κ1) is 20.9. The summed E-state index contributed by atoms with van der Waals surface area (Å²) in [4.78, 5) is 20.5. The molecule has 0 bridgehead atoms. The van der Waals surface area contributed by atoms with Crippen LogP contribution in [0.3, 0.4) is 0 Å². The summed E-state index contributed by atoms with van der Waals surface area (Å²) in [7, 11) is 0. The lowest BCUT2D eigenvalue weighted by molar-refractivity contribution is -0.384. The highest BCUT2D eigenvalue weighted by Gasteiger charge is 2.12. The van der Waals surface area contributed by atoms with Crippen molar-refractivity contribution < 1.29 is 4.92 Å². The molecule has 0 radical (unpaired) electrons. The van der Waals surface area contributed by atoms with E-state index in [0.717, 1.165) is 49.3 Å². The molecule has 0 atom stereocenters. The molecule has 0 saturated carbocycles. The molecule has 1 heterocycles. The fourth-order valence-electron chi connectivity index (χ4n) is 4.35. The van der Waals surface area contributed by atoms with Crippen molar-refractivity contribution >= 4 is 78.0 Å². The van der Waals surface area contributed by atoms with Crippen molar-refractivity contribution in [3.05, 3.63) is 101 Å². The van der Waals surface area contributed by atoms with Gasteiger partial charge in [-0.05, 0) is 47.3 Å². The normalized spacial score (nSPS) is 11.2. The fourth-order valence-corrected chi connectivity index (χ4v) is 4.58. The Balaban J connectivity index is 1.40. The zero-order valence-corrected chi connectivity index (χ0v) is 19.0. The maximum atomic E-state index is 11.0. The molecule has 8 heteroatoms. The van der Waals surface area contributed by atoms with Crippen molar-refractivity contribution in [1.82, 2.24) is 9.97 Å². The first-order chi connectivity index (χ1) is 17.1. The molecule has 35 heavy (non-hydrogen) atoms. The molecule has 168 valence electrons. The summed E-state index contributed by atoms with van der Waals surface area (Å²) in [6.07, 6.45) is 0. The highest BCUT2D eigenvalue weighted by atomic mass is 32.1. The highest BCUT2D eigenvalue weighted by molar-refractivity contribution is 7.80. The first-order valence-corrected chi connectivity index (χ1v) is 11.3. The lowest BCUT2D eigenvalue weighted by atomic mass is 9.99. The summed E-state index contributed by atoms with van der Waals surface area (Å²) in [5.74, 6) is 0. The minimum Gasteiger partial charge on any atom is -0.332 e. The maximum Gasteiger partial charge on any atom is 0.271 e. The largest absolute Gasteiger partial charge is 0.332 e. The Hall–Kier alpha value is -4.69. The number of nitrogens with one attached hydrogen (secondary N) is 2. The van der Waals surface area contributed by atoms with Gasteiger partial charge in [-0.2, -0.15) is 0 Å². The number of rotatable bonds is 3. The number of benzene rings is 5. The topological polar surface area (TPSA) is 93.0 Å². The number of thiocarbonyl (C=S) groups is 1. The third-order valence-corrected chi connectivity index (χ3v) is 6.10. The van der Waals surface area contributed by atoms with E-state index in [1.54, 1.807) is 12.1 Å². The van der Waals surface area contributed by atoms with Gasteiger partial charge in [-0.1, -0.05) is 54.6 Å². The van der Waals surface area contributed by atoms with Gasteiger partial charge in [0.25, 0.3) is 5.69 Å². The summed E-state index contributed by atoms with van der Waals surface area (Å²) in [6.45, 7) is 0. The highest BCUT2D eigenvalue weighted by Crippen LogP contribution is 2.34. The van der Waals surface area contributed by atoms with E-state index >= 15 is 0 Å². The monoisotopic (exact) mass is 475 g/mol. The zero-order chi connectivity index (χ0) is 23.9. The van der Waals surface area contributed by atoms with E-state index in [-0.39, 0.29) is 5.69 Å². The number of hydrogen-bond donors (Lipinski definition) is 2. The fraction of sp³-hybridized carbons (Fsp3) is 0. The molecule has 6 aromatic rings. The Kier molecular flexibility index (Phi) is 4.93. The van der Waals surface area contributed by atoms with Gasteiger partial charge in [0, 0.05) is 34.3 Å². The molecule has 0 saturated heterocycles. The van der Waals surface area contributed by atoms with Gasteiger partial charge in [0.2, 0.25) is 0 Å². The van der Waals surface area contributed by atoms with Gasteiger partial charge in [0.05, 0.1) is 27.0 Å². The average molecular weight is 476 g/mol. The molecule has 7 nitrogen and oxygen atoms in total. The molecule has 6 rings (SSSR count). The third-order valence-electron chi connectivity index (χ3n) is 5.89. The molecule has 0 fully saturated rings. The molecule has 1 aromatic heterocycles. The number of nitrogens with zero attached hydrogens (tertiary/aromatic N) is 3. The van der Waals surface area contributed by atoms with Gasteiger partial charge < -0.3 is 10.6 Å². The Morgan fingerprint density at radius 1 is 0.686 bits per heavy atom. The van der Waals surface area contributed by atoms with Crippen LogP contribution in [-0.2, 0) is 0 Å². The smallest absolute Gasteiger partial charge is 0.271 e. The Morgan fingerprint density at radius 3 is 1.89 bits per heavy atom. The van der Waals surface area contributed by atoms with Crippen LogP contribution in [0.25, 0.3) is 43.6 Å². The predicted octanol–water partition coefficient (Wildman–Crippen LogP) is 6.81. The van der Waals surface area contributed by atoms with E-state index < -0.39 is 4.92 Å². The van der Waals surface area contributed by atoms with Crippen molar-refractivity contribution in [2.75, 3.05) is 10.6 Å². The number of anilines is 2. The van der Waals surface area contributed by atoms with Gasteiger partial charge in [-0.3, -0.25) is 10.1 Å². The molecule has 0 spiro atoms.